The van der Waals surface area contributed by atoms with Crippen LogP contribution in [0, 0.1) is 0 Å². The molecule has 2 rings (SSSR count). The summed E-state index contributed by atoms with van der Waals surface area (Å²) in [6, 6.07) is 7.57. The molecule has 5 heteroatoms. The molecule has 0 saturated heterocycles. The molecule has 2 aromatic rings. The smallest absolute Gasteiger partial charge is 0.141 e. The fourth-order valence-corrected chi connectivity index (χ4v) is 1.73. The van der Waals surface area contributed by atoms with E-state index < -0.39 is 0 Å². The first-order valence-corrected chi connectivity index (χ1v) is 5.32. The monoisotopic (exact) mass is 232 g/mol. The number of nitrogens with two attached hydrogens (primary N) is 2. The second-order valence-electron chi connectivity index (χ2n) is 3.81. The van der Waals surface area contributed by atoms with Gasteiger partial charge in [0.05, 0.1) is 24.2 Å². The molecule has 0 spiro atoms. The molecule has 0 atom stereocenters. The van der Waals surface area contributed by atoms with E-state index in [1.165, 1.54) is 0 Å². The van der Waals surface area contributed by atoms with E-state index in [1.54, 1.807) is 11.8 Å². The third kappa shape index (κ3) is 2.09. The van der Waals surface area contributed by atoms with E-state index in [2.05, 4.69) is 5.10 Å². The quantitative estimate of drug-likeness (QED) is 0.778. The van der Waals surface area contributed by atoms with E-state index >= 15 is 0 Å². The lowest BCUT2D eigenvalue weighted by Gasteiger charge is -2.05. The highest BCUT2D eigenvalue weighted by molar-refractivity contribution is 5.68. The molecule has 0 fully saturated rings. The Hall–Kier alpha value is -2.01. The van der Waals surface area contributed by atoms with Crippen LogP contribution in [0.15, 0.2) is 24.3 Å². The Labute approximate surface area is 100.0 Å². The number of hydrogen-bond acceptors (Lipinski definition) is 4. The van der Waals surface area contributed by atoms with Crippen LogP contribution in [0.4, 0.5) is 5.69 Å². The molecule has 90 valence electrons. The maximum Gasteiger partial charge on any atom is 0.141 e. The molecule has 1 aromatic heterocycles. The van der Waals surface area contributed by atoms with Crippen LogP contribution < -0.4 is 16.2 Å². The predicted molar refractivity (Wildman–Crippen MR) is 67.5 cm³/mol. The summed E-state index contributed by atoms with van der Waals surface area (Å²) in [5.41, 5.74) is 14.9. The van der Waals surface area contributed by atoms with Gasteiger partial charge in [0, 0.05) is 19.2 Å². The molecular formula is C12H16N4O. The average molecular weight is 232 g/mol. The van der Waals surface area contributed by atoms with Gasteiger partial charge in [0.15, 0.2) is 0 Å². The summed E-state index contributed by atoms with van der Waals surface area (Å²) < 4.78 is 6.89. The third-order valence-electron chi connectivity index (χ3n) is 2.71. The molecule has 1 heterocycles. The number of ether oxygens (including phenoxy) is 1. The molecule has 0 aliphatic heterocycles. The molecule has 0 bridgehead atoms. The van der Waals surface area contributed by atoms with Crippen molar-refractivity contribution in [3.8, 4) is 17.0 Å². The van der Waals surface area contributed by atoms with Crippen molar-refractivity contribution in [2.75, 3.05) is 12.8 Å². The van der Waals surface area contributed by atoms with Gasteiger partial charge in [-0.15, -0.1) is 0 Å². The Balaban J connectivity index is 2.42. The minimum absolute atomic E-state index is 0.467. The summed E-state index contributed by atoms with van der Waals surface area (Å²) in [5, 5.41) is 4.39. The van der Waals surface area contributed by atoms with Crippen LogP contribution in [0.25, 0.3) is 11.3 Å². The lowest BCUT2D eigenvalue weighted by Crippen LogP contribution is -2.03. The van der Waals surface area contributed by atoms with Gasteiger partial charge in [-0.3, -0.25) is 4.68 Å². The highest BCUT2D eigenvalue weighted by atomic mass is 16.5. The van der Waals surface area contributed by atoms with Gasteiger partial charge >= 0.3 is 0 Å². The Morgan fingerprint density at radius 3 is 2.65 bits per heavy atom. The normalized spacial score (nSPS) is 10.5. The van der Waals surface area contributed by atoms with Crippen molar-refractivity contribution in [2.45, 2.75) is 6.54 Å². The number of aromatic nitrogens is 2. The number of rotatable bonds is 3. The second kappa shape index (κ2) is 4.47. The van der Waals surface area contributed by atoms with Gasteiger partial charge in [0.1, 0.15) is 5.75 Å². The number of hydrogen-bond donors (Lipinski definition) is 2. The standard InChI is InChI=1S/C12H16N4O/c1-16-9(7-13)6-11(15-16)8-3-4-12(17-2)10(14)5-8/h3-6H,7,13-14H2,1-2H3. The van der Waals surface area contributed by atoms with Crippen LogP contribution in [0.5, 0.6) is 5.75 Å². The van der Waals surface area contributed by atoms with Gasteiger partial charge in [-0.25, -0.2) is 0 Å². The van der Waals surface area contributed by atoms with Gasteiger partial charge in [-0.05, 0) is 24.3 Å². The first kappa shape index (κ1) is 11.5. The van der Waals surface area contributed by atoms with Crippen LogP contribution in [0.1, 0.15) is 5.69 Å². The minimum atomic E-state index is 0.467. The van der Waals surface area contributed by atoms with Crippen molar-refractivity contribution >= 4 is 5.69 Å². The molecule has 1 aromatic carbocycles. The number of anilines is 1. The fraction of sp³-hybridized carbons (Fsp3) is 0.250. The molecule has 4 N–H and O–H groups in total. The van der Waals surface area contributed by atoms with E-state index in [0.29, 0.717) is 18.0 Å². The van der Waals surface area contributed by atoms with E-state index in [0.717, 1.165) is 17.0 Å². The molecule has 5 nitrogen and oxygen atoms in total. The van der Waals surface area contributed by atoms with Crippen molar-refractivity contribution in [3.63, 3.8) is 0 Å². The third-order valence-corrected chi connectivity index (χ3v) is 2.71. The SMILES string of the molecule is COc1ccc(-c2cc(CN)n(C)n2)cc1N. The van der Waals surface area contributed by atoms with Crippen LogP contribution in [-0.4, -0.2) is 16.9 Å². The lowest BCUT2D eigenvalue weighted by atomic mass is 10.1. The van der Waals surface area contributed by atoms with Crippen molar-refractivity contribution < 1.29 is 4.74 Å². The summed E-state index contributed by atoms with van der Waals surface area (Å²) in [5.74, 6) is 0.670. The maximum atomic E-state index is 5.86. The highest BCUT2D eigenvalue weighted by Crippen LogP contribution is 2.27. The predicted octanol–water partition coefficient (Wildman–Crippen LogP) is 1.14. The number of nitrogen functional groups attached to an aromatic ring is 1. The van der Waals surface area contributed by atoms with Crippen molar-refractivity contribution in [1.29, 1.82) is 0 Å². The summed E-state index contributed by atoms with van der Waals surface area (Å²) in [7, 11) is 3.47. The Morgan fingerprint density at radius 2 is 2.12 bits per heavy atom. The minimum Gasteiger partial charge on any atom is -0.495 e. The molecule has 0 aliphatic rings. The van der Waals surface area contributed by atoms with Crippen molar-refractivity contribution in [2.24, 2.45) is 12.8 Å². The number of nitrogens with zero attached hydrogens (tertiary/aromatic N) is 2. The molecule has 0 radical (unpaired) electrons. The molecule has 17 heavy (non-hydrogen) atoms. The average Bonchev–Trinajstić information content (AvgIpc) is 2.70. The first-order chi connectivity index (χ1) is 8.15. The molecule has 0 amide bonds. The lowest BCUT2D eigenvalue weighted by molar-refractivity contribution is 0.417. The van der Waals surface area contributed by atoms with Crippen LogP contribution in [0.2, 0.25) is 0 Å². The van der Waals surface area contributed by atoms with Crippen LogP contribution in [0.3, 0.4) is 0 Å². The maximum absolute atomic E-state index is 5.86. The Kier molecular flexibility index (Phi) is 3.01. The summed E-state index contributed by atoms with van der Waals surface area (Å²) in [6.07, 6.45) is 0. The van der Waals surface area contributed by atoms with Gasteiger partial charge in [-0.2, -0.15) is 5.10 Å². The zero-order valence-corrected chi connectivity index (χ0v) is 9.97. The number of aryl methyl sites for hydroxylation is 1. The number of methoxy groups -OCH3 is 1. The largest absolute Gasteiger partial charge is 0.495 e. The molecule has 0 saturated carbocycles. The van der Waals surface area contributed by atoms with Crippen molar-refractivity contribution in [3.05, 3.63) is 30.0 Å². The van der Waals surface area contributed by atoms with Crippen LogP contribution >= 0.6 is 0 Å². The van der Waals surface area contributed by atoms with Gasteiger partial charge in [0.25, 0.3) is 0 Å². The zero-order chi connectivity index (χ0) is 12.4. The molecular weight excluding hydrogens is 216 g/mol. The molecule has 0 aliphatic carbocycles. The topological polar surface area (TPSA) is 79.1 Å². The molecule has 0 unspecified atom stereocenters. The summed E-state index contributed by atoms with van der Waals surface area (Å²) in [4.78, 5) is 0. The Morgan fingerprint density at radius 1 is 1.35 bits per heavy atom. The van der Waals surface area contributed by atoms with E-state index in [-0.39, 0.29) is 0 Å². The van der Waals surface area contributed by atoms with Gasteiger partial charge in [-0.1, -0.05) is 0 Å². The zero-order valence-electron chi connectivity index (χ0n) is 9.97. The van der Waals surface area contributed by atoms with Gasteiger partial charge < -0.3 is 16.2 Å². The van der Waals surface area contributed by atoms with Crippen molar-refractivity contribution in [1.82, 2.24) is 9.78 Å². The summed E-state index contributed by atoms with van der Waals surface area (Å²) >= 11 is 0. The second-order valence-corrected chi connectivity index (χ2v) is 3.81. The first-order valence-electron chi connectivity index (χ1n) is 5.32. The fourth-order valence-electron chi connectivity index (χ4n) is 1.73. The van der Waals surface area contributed by atoms with E-state index in [1.807, 2.05) is 31.3 Å². The number of benzene rings is 1. The van der Waals surface area contributed by atoms with Gasteiger partial charge in [0.2, 0.25) is 0 Å². The Bertz CT molecular complexity index is 533. The highest BCUT2D eigenvalue weighted by Gasteiger charge is 2.08. The van der Waals surface area contributed by atoms with E-state index in [9.17, 15) is 0 Å². The van der Waals surface area contributed by atoms with Crippen LogP contribution in [-0.2, 0) is 13.6 Å². The van der Waals surface area contributed by atoms with E-state index in [4.69, 9.17) is 16.2 Å². The summed E-state index contributed by atoms with van der Waals surface area (Å²) in [6.45, 7) is 0.467.